The van der Waals surface area contributed by atoms with Crippen molar-refractivity contribution in [2.45, 2.75) is 0 Å². The number of benzene rings is 1. The van der Waals surface area contributed by atoms with Crippen molar-refractivity contribution in [1.29, 1.82) is 0 Å². The predicted octanol–water partition coefficient (Wildman–Crippen LogP) is 2.22. The summed E-state index contributed by atoms with van der Waals surface area (Å²) in [4.78, 5) is 35.1. The quantitative estimate of drug-likeness (QED) is 0.759. The number of halogens is 1. The Balaban J connectivity index is 2.02. The third-order valence-electron chi connectivity index (χ3n) is 2.88. The van der Waals surface area contributed by atoms with Crippen LogP contribution in [0.4, 0.5) is 5.95 Å². The van der Waals surface area contributed by atoms with Crippen molar-refractivity contribution >= 4 is 34.4 Å². The molecule has 0 unspecified atom stereocenters. The lowest BCUT2D eigenvalue weighted by Gasteiger charge is -2.04. The van der Waals surface area contributed by atoms with Crippen molar-refractivity contribution in [3.8, 4) is 0 Å². The Morgan fingerprint density at radius 2 is 2.00 bits per heavy atom. The number of fused-ring (bicyclic) bond motifs is 1. The van der Waals surface area contributed by atoms with E-state index < -0.39 is 11.3 Å². The minimum absolute atomic E-state index is 0.0304. The molecular weight excluding hydrogens is 292 g/mol. The molecule has 2 heterocycles. The van der Waals surface area contributed by atoms with E-state index in [1.807, 2.05) is 0 Å². The standard InChI is InChI=1S/C14H9ClN4O2/c15-8-2-3-11-9(6-8)12(20)10(7-18-11)13(21)19-14-16-4-1-5-17-14/h1-7H,(H,18,20)(H,16,17,19,21). The van der Waals surface area contributed by atoms with Gasteiger partial charge in [-0.1, -0.05) is 11.6 Å². The van der Waals surface area contributed by atoms with Crippen LogP contribution in [0, 0.1) is 0 Å². The van der Waals surface area contributed by atoms with E-state index in [0.29, 0.717) is 15.9 Å². The molecule has 0 aliphatic carbocycles. The van der Waals surface area contributed by atoms with E-state index in [2.05, 4.69) is 20.3 Å². The van der Waals surface area contributed by atoms with Crippen molar-refractivity contribution in [2.75, 3.05) is 5.32 Å². The molecule has 0 saturated carbocycles. The summed E-state index contributed by atoms with van der Waals surface area (Å²) >= 11 is 5.88. The fourth-order valence-corrected chi connectivity index (χ4v) is 2.06. The SMILES string of the molecule is O=C(Nc1ncccn1)c1c[nH]c2ccc(Cl)cc2c1=O. The molecule has 0 fully saturated rings. The van der Waals surface area contributed by atoms with E-state index >= 15 is 0 Å². The van der Waals surface area contributed by atoms with Crippen molar-refractivity contribution in [3.63, 3.8) is 0 Å². The zero-order valence-electron chi connectivity index (χ0n) is 10.6. The number of hydrogen-bond acceptors (Lipinski definition) is 4. The average Bonchev–Trinajstić information content (AvgIpc) is 2.49. The molecule has 3 rings (SSSR count). The highest BCUT2D eigenvalue weighted by Gasteiger charge is 2.14. The average molecular weight is 301 g/mol. The third kappa shape index (κ3) is 2.61. The first kappa shape index (κ1) is 13.3. The Morgan fingerprint density at radius 1 is 1.24 bits per heavy atom. The number of anilines is 1. The minimum atomic E-state index is -0.579. The monoisotopic (exact) mass is 300 g/mol. The molecule has 2 aromatic heterocycles. The molecular formula is C14H9ClN4O2. The third-order valence-corrected chi connectivity index (χ3v) is 3.11. The maximum atomic E-state index is 12.3. The van der Waals surface area contributed by atoms with Gasteiger partial charge in [0.2, 0.25) is 11.4 Å². The van der Waals surface area contributed by atoms with Crippen molar-refractivity contribution in [1.82, 2.24) is 15.0 Å². The summed E-state index contributed by atoms with van der Waals surface area (Å²) < 4.78 is 0. The van der Waals surface area contributed by atoms with Crippen LogP contribution in [0.1, 0.15) is 10.4 Å². The second-order valence-electron chi connectivity index (χ2n) is 4.25. The molecule has 21 heavy (non-hydrogen) atoms. The van der Waals surface area contributed by atoms with E-state index in [1.165, 1.54) is 24.7 Å². The van der Waals surface area contributed by atoms with Gasteiger partial charge in [0.25, 0.3) is 5.91 Å². The first-order chi connectivity index (χ1) is 10.1. The molecule has 0 spiro atoms. The highest BCUT2D eigenvalue weighted by Crippen LogP contribution is 2.15. The highest BCUT2D eigenvalue weighted by atomic mass is 35.5. The molecule has 3 aromatic rings. The topological polar surface area (TPSA) is 87.7 Å². The number of nitrogens with one attached hydrogen (secondary N) is 2. The number of hydrogen-bond donors (Lipinski definition) is 2. The minimum Gasteiger partial charge on any atom is -0.360 e. The molecule has 0 atom stereocenters. The Labute approximate surface area is 123 Å². The first-order valence-corrected chi connectivity index (χ1v) is 6.42. The van der Waals surface area contributed by atoms with Gasteiger partial charge in [0.15, 0.2) is 0 Å². The van der Waals surface area contributed by atoms with Crippen LogP contribution in [-0.2, 0) is 0 Å². The highest BCUT2D eigenvalue weighted by molar-refractivity contribution is 6.31. The molecule has 0 aliphatic rings. The van der Waals surface area contributed by atoms with Gasteiger partial charge in [0.05, 0.1) is 0 Å². The van der Waals surface area contributed by atoms with Crippen molar-refractivity contribution < 1.29 is 4.79 Å². The van der Waals surface area contributed by atoms with Crippen LogP contribution >= 0.6 is 11.6 Å². The van der Waals surface area contributed by atoms with Gasteiger partial charge >= 0.3 is 0 Å². The Morgan fingerprint density at radius 3 is 2.76 bits per heavy atom. The molecule has 2 N–H and O–H groups in total. The van der Waals surface area contributed by atoms with E-state index in [1.54, 1.807) is 18.2 Å². The lowest BCUT2D eigenvalue weighted by molar-refractivity contribution is 0.102. The number of carbonyl (C=O) groups is 1. The van der Waals surface area contributed by atoms with Gasteiger partial charge < -0.3 is 4.98 Å². The van der Waals surface area contributed by atoms with Crippen LogP contribution in [0.25, 0.3) is 10.9 Å². The van der Waals surface area contributed by atoms with Crippen LogP contribution in [0.5, 0.6) is 0 Å². The number of pyridine rings is 1. The van der Waals surface area contributed by atoms with Crippen LogP contribution in [0.2, 0.25) is 5.02 Å². The zero-order chi connectivity index (χ0) is 14.8. The van der Waals surface area contributed by atoms with Gasteiger partial charge in [0.1, 0.15) is 5.56 Å². The van der Waals surface area contributed by atoms with Gasteiger partial charge in [-0.3, -0.25) is 14.9 Å². The fourth-order valence-electron chi connectivity index (χ4n) is 1.89. The van der Waals surface area contributed by atoms with Crippen molar-refractivity contribution in [2.24, 2.45) is 0 Å². The van der Waals surface area contributed by atoms with Crippen molar-refractivity contribution in [3.05, 3.63) is 63.7 Å². The summed E-state index contributed by atoms with van der Waals surface area (Å²) in [6, 6.07) is 6.49. The Kier molecular flexibility index (Phi) is 3.37. The molecule has 1 aromatic carbocycles. The molecule has 0 bridgehead atoms. The Bertz CT molecular complexity index is 877. The lowest BCUT2D eigenvalue weighted by Crippen LogP contribution is -2.22. The molecule has 0 aliphatic heterocycles. The molecule has 7 heteroatoms. The van der Waals surface area contributed by atoms with E-state index in [0.717, 1.165) is 0 Å². The number of rotatable bonds is 2. The lowest BCUT2D eigenvalue weighted by atomic mass is 10.1. The first-order valence-electron chi connectivity index (χ1n) is 6.04. The van der Waals surface area contributed by atoms with Gasteiger partial charge in [-0.2, -0.15) is 0 Å². The zero-order valence-corrected chi connectivity index (χ0v) is 11.4. The summed E-state index contributed by atoms with van der Waals surface area (Å²) in [5.74, 6) is -0.447. The van der Waals surface area contributed by atoms with Gasteiger partial charge in [-0.25, -0.2) is 9.97 Å². The van der Waals surface area contributed by atoms with Gasteiger partial charge in [-0.15, -0.1) is 0 Å². The second kappa shape index (κ2) is 5.34. The van der Waals surface area contributed by atoms with Gasteiger partial charge in [0, 0.05) is 34.5 Å². The van der Waals surface area contributed by atoms with Crippen LogP contribution in [-0.4, -0.2) is 20.9 Å². The number of carbonyl (C=O) groups excluding carboxylic acids is 1. The normalized spacial score (nSPS) is 10.5. The van der Waals surface area contributed by atoms with Crippen LogP contribution in [0.15, 0.2) is 47.7 Å². The number of nitrogens with zero attached hydrogens (tertiary/aromatic N) is 2. The maximum absolute atomic E-state index is 12.3. The van der Waals surface area contributed by atoms with E-state index in [-0.39, 0.29) is 11.5 Å². The molecule has 1 amide bonds. The van der Waals surface area contributed by atoms with E-state index in [4.69, 9.17) is 11.6 Å². The summed E-state index contributed by atoms with van der Waals surface area (Å²) in [5, 5.41) is 3.24. The largest absolute Gasteiger partial charge is 0.360 e. The molecule has 6 nitrogen and oxygen atoms in total. The van der Waals surface area contributed by atoms with Crippen LogP contribution in [0.3, 0.4) is 0 Å². The van der Waals surface area contributed by atoms with E-state index in [9.17, 15) is 9.59 Å². The number of aromatic nitrogens is 3. The number of aromatic amines is 1. The summed E-state index contributed by atoms with van der Waals surface area (Å²) in [6.07, 6.45) is 4.34. The second-order valence-corrected chi connectivity index (χ2v) is 4.68. The fraction of sp³-hybridized carbons (Fsp3) is 0. The van der Waals surface area contributed by atoms with Crippen LogP contribution < -0.4 is 10.7 Å². The summed E-state index contributed by atoms with van der Waals surface area (Å²) in [7, 11) is 0. The number of amides is 1. The molecule has 0 saturated heterocycles. The summed E-state index contributed by atoms with van der Waals surface area (Å²) in [6.45, 7) is 0. The maximum Gasteiger partial charge on any atom is 0.263 e. The summed E-state index contributed by atoms with van der Waals surface area (Å²) in [5.41, 5.74) is 0.175. The Hall–Kier alpha value is -2.73. The molecule has 104 valence electrons. The van der Waals surface area contributed by atoms with Gasteiger partial charge in [-0.05, 0) is 24.3 Å². The molecule has 0 radical (unpaired) electrons. The predicted molar refractivity (Wildman–Crippen MR) is 79.6 cm³/mol. The smallest absolute Gasteiger partial charge is 0.263 e. The number of H-pyrrole nitrogens is 1.